The number of hydrogen-bond donors (Lipinski definition) is 2. The van der Waals surface area contributed by atoms with E-state index in [-0.39, 0.29) is 0 Å². The van der Waals surface area contributed by atoms with Gasteiger partial charge in [0, 0.05) is 15.4 Å². The highest BCUT2D eigenvalue weighted by Crippen LogP contribution is 2.31. The molecule has 0 unspecified atom stereocenters. The number of hydrazone groups is 1. The van der Waals surface area contributed by atoms with Crippen LogP contribution in [0.5, 0.6) is 5.75 Å². The molecule has 136 valence electrons. The number of rotatable bonds is 4. The predicted octanol–water partition coefficient (Wildman–Crippen LogP) is 4.79. The average Bonchev–Trinajstić information content (AvgIpc) is 3.01. The number of para-hydroxylation sites is 1. The monoisotopic (exact) mass is 488 g/mol. The zero-order valence-electron chi connectivity index (χ0n) is 14.4. The number of aromatic nitrogens is 4. The minimum atomic E-state index is 0.302. The van der Waals surface area contributed by atoms with E-state index in [1.54, 1.807) is 13.3 Å². The maximum atomic E-state index is 5.40. The van der Waals surface area contributed by atoms with Crippen molar-refractivity contribution in [1.29, 1.82) is 0 Å². The molecular weight excluding hydrogens is 476 g/mol. The van der Waals surface area contributed by atoms with Crippen LogP contribution in [0.3, 0.4) is 0 Å². The number of halogens is 2. The van der Waals surface area contributed by atoms with Crippen molar-refractivity contribution in [2.45, 2.75) is 6.92 Å². The van der Waals surface area contributed by atoms with Gasteiger partial charge < -0.3 is 9.72 Å². The third-order valence-corrected chi connectivity index (χ3v) is 5.11. The summed E-state index contributed by atoms with van der Waals surface area (Å²) in [5.41, 5.74) is 7.15. The van der Waals surface area contributed by atoms with Crippen molar-refractivity contribution in [3.05, 3.63) is 50.4 Å². The van der Waals surface area contributed by atoms with Gasteiger partial charge in [0.1, 0.15) is 11.3 Å². The van der Waals surface area contributed by atoms with Crippen LogP contribution in [0.4, 0.5) is 5.95 Å². The lowest BCUT2D eigenvalue weighted by molar-refractivity contribution is 0.411. The van der Waals surface area contributed by atoms with Gasteiger partial charge in [-0.15, -0.1) is 10.2 Å². The molecule has 0 saturated heterocycles. The number of aryl methyl sites for hydroxylation is 1. The fraction of sp³-hybridized carbons (Fsp3) is 0.111. The van der Waals surface area contributed by atoms with E-state index in [4.69, 9.17) is 4.74 Å². The van der Waals surface area contributed by atoms with E-state index in [0.29, 0.717) is 17.3 Å². The Kier molecular flexibility index (Phi) is 4.79. The lowest BCUT2D eigenvalue weighted by Crippen LogP contribution is -2.00. The molecule has 0 fully saturated rings. The van der Waals surface area contributed by atoms with Gasteiger partial charge in [-0.25, -0.2) is 5.43 Å². The van der Waals surface area contributed by atoms with Gasteiger partial charge in [-0.1, -0.05) is 34.1 Å². The summed E-state index contributed by atoms with van der Waals surface area (Å²) < 4.78 is 7.14. The predicted molar refractivity (Wildman–Crippen MR) is 114 cm³/mol. The summed E-state index contributed by atoms with van der Waals surface area (Å²) in [4.78, 5) is 7.75. The molecule has 7 nitrogen and oxygen atoms in total. The first-order chi connectivity index (χ1) is 13.1. The molecule has 0 saturated carbocycles. The first-order valence-electron chi connectivity index (χ1n) is 8.00. The van der Waals surface area contributed by atoms with Crippen LogP contribution in [0.15, 0.2) is 44.4 Å². The number of methoxy groups -OCH3 is 1. The second-order valence-electron chi connectivity index (χ2n) is 5.84. The van der Waals surface area contributed by atoms with E-state index < -0.39 is 0 Å². The molecule has 0 spiro atoms. The standard InChI is InChI=1S/C18H14Br2N6O/c1-9-4-3-5-12-14(9)22-17-15(12)24-26-18(23-17)25-21-8-10-6-11(19)7-13(20)16(10)27-2/h3-8H,1-2H3,(H2,22,23,25,26). The third kappa shape index (κ3) is 3.40. The Balaban J connectivity index is 1.64. The molecule has 0 aliphatic heterocycles. The molecule has 0 aliphatic carbocycles. The molecule has 4 aromatic rings. The Morgan fingerprint density at radius 1 is 1.22 bits per heavy atom. The zero-order valence-corrected chi connectivity index (χ0v) is 17.6. The SMILES string of the molecule is COc1c(Br)cc(Br)cc1C=NNc1nnc2c(n1)[nH]c1c(C)cccc12. The summed E-state index contributed by atoms with van der Waals surface area (Å²) in [5.74, 6) is 0.986. The van der Waals surface area contributed by atoms with E-state index >= 15 is 0 Å². The highest BCUT2D eigenvalue weighted by atomic mass is 79.9. The Hall–Kier alpha value is -2.52. The summed E-state index contributed by atoms with van der Waals surface area (Å²) in [6, 6.07) is 9.84. The highest BCUT2D eigenvalue weighted by Gasteiger charge is 2.10. The number of fused-ring (bicyclic) bond motifs is 3. The lowest BCUT2D eigenvalue weighted by atomic mass is 10.1. The van der Waals surface area contributed by atoms with Crippen LogP contribution in [-0.2, 0) is 0 Å². The molecule has 2 heterocycles. The first-order valence-corrected chi connectivity index (χ1v) is 9.59. The van der Waals surface area contributed by atoms with Gasteiger partial charge in [0.2, 0.25) is 0 Å². The smallest absolute Gasteiger partial charge is 0.265 e. The van der Waals surface area contributed by atoms with E-state index in [0.717, 1.165) is 36.5 Å². The molecule has 0 atom stereocenters. The van der Waals surface area contributed by atoms with Gasteiger partial charge in [-0.2, -0.15) is 10.1 Å². The van der Waals surface area contributed by atoms with E-state index in [1.807, 2.05) is 37.3 Å². The van der Waals surface area contributed by atoms with E-state index in [9.17, 15) is 0 Å². The third-order valence-electron chi connectivity index (χ3n) is 4.07. The maximum Gasteiger partial charge on any atom is 0.265 e. The quantitative estimate of drug-likeness (QED) is 0.317. The Labute approximate surface area is 171 Å². The number of benzene rings is 2. The fourth-order valence-corrected chi connectivity index (χ4v) is 4.26. The van der Waals surface area contributed by atoms with Gasteiger partial charge in [-0.05, 0) is 40.5 Å². The number of nitrogens with zero attached hydrogens (tertiary/aromatic N) is 4. The van der Waals surface area contributed by atoms with Crippen LogP contribution >= 0.6 is 31.9 Å². The van der Waals surface area contributed by atoms with E-state index in [2.05, 4.69) is 62.6 Å². The van der Waals surface area contributed by atoms with Crippen molar-refractivity contribution in [1.82, 2.24) is 20.2 Å². The van der Waals surface area contributed by atoms with Crippen molar-refractivity contribution in [3.63, 3.8) is 0 Å². The van der Waals surface area contributed by atoms with Gasteiger partial charge >= 0.3 is 0 Å². The van der Waals surface area contributed by atoms with Crippen LogP contribution in [0.1, 0.15) is 11.1 Å². The molecule has 9 heteroatoms. The van der Waals surface area contributed by atoms with Crippen molar-refractivity contribution in [3.8, 4) is 5.75 Å². The van der Waals surface area contributed by atoms with E-state index in [1.165, 1.54) is 0 Å². The summed E-state index contributed by atoms with van der Waals surface area (Å²) in [7, 11) is 1.61. The Morgan fingerprint density at radius 2 is 2.07 bits per heavy atom. The molecular formula is C18H14Br2N6O. The number of ether oxygens (including phenoxy) is 1. The zero-order chi connectivity index (χ0) is 19.0. The van der Waals surface area contributed by atoms with Crippen LogP contribution in [0.2, 0.25) is 0 Å². The lowest BCUT2D eigenvalue weighted by Gasteiger charge is -2.07. The van der Waals surface area contributed by atoms with Gasteiger partial charge in [0.05, 0.1) is 23.3 Å². The summed E-state index contributed by atoms with van der Waals surface area (Å²) in [5, 5.41) is 13.6. The van der Waals surface area contributed by atoms with Gasteiger partial charge in [0.25, 0.3) is 5.95 Å². The molecule has 0 radical (unpaired) electrons. The minimum absolute atomic E-state index is 0.302. The largest absolute Gasteiger partial charge is 0.495 e. The topological polar surface area (TPSA) is 88.1 Å². The van der Waals surface area contributed by atoms with Gasteiger partial charge in [0.15, 0.2) is 5.65 Å². The second kappa shape index (κ2) is 7.24. The summed E-state index contributed by atoms with van der Waals surface area (Å²) in [6.45, 7) is 2.04. The van der Waals surface area contributed by atoms with Crippen molar-refractivity contribution in [2.75, 3.05) is 12.5 Å². The number of anilines is 1. The summed E-state index contributed by atoms with van der Waals surface area (Å²) in [6.07, 6.45) is 1.64. The molecule has 0 aliphatic rings. The molecule has 4 rings (SSSR count). The second-order valence-corrected chi connectivity index (χ2v) is 7.61. The normalized spacial score (nSPS) is 11.6. The Bertz CT molecular complexity index is 1190. The Morgan fingerprint density at radius 3 is 2.89 bits per heavy atom. The molecule has 27 heavy (non-hydrogen) atoms. The van der Waals surface area contributed by atoms with Crippen molar-refractivity contribution >= 4 is 66.1 Å². The van der Waals surface area contributed by atoms with Crippen LogP contribution in [0.25, 0.3) is 22.1 Å². The number of aromatic amines is 1. The van der Waals surface area contributed by atoms with Crippen molar-refractivity contribution in [2.24, 2.45) is 5.10 Å². The van der Waals surface area contributed by atoms with Crippen molar-refractivity contribution < 1.29 is 4.74 Å². The van der Waals surface area contributed by atoms with Crippen LogP contribution < -0.4 is 10.2 Å². The molecule has 2 aromatic carbocycles. The highest BCUT2D eigenvalue weighted by molar-refractivity contribution is 9.11. The summed E-state index contributed by atoms with van der Waals surface area (Å²) >= 11 is 6.93. The minimum Gasteiger partial charge on any atom is -0.495 e. The average molecular weight is 490 g/mol. The molecule has 0 amide bonds. The van der Waals surface area contributed by atoms with Crippen LogP contribution in [0, 0.1) is 6.92 Å². The molecule has 2 aromatic heterocycles. The number of H-pyrrole nitrogens is 1. The molecule has 0 bridgehead atoms. The van der Waals surface area contributed by atoms with Crippen LogP contribution in [-0.4, -0.2) is 33.5 Å². The maximum absolute atomic E-state index is 5.40. The fourth-order valence-electron chi connectivity index (χ4n) is 2.84. The molecule has 2 N–H and O–H groups in total. The number of nitrogens with one attached hydrogen (secondary N) is 2. The van der Waals surface area contributed by atoms with Gasteiger partial charge in [-0.3, -0.25) is 0 Å². The number of hydrogen-bond acceptors (Lipinski definition) is 6. The first kappa shape index (κ1) is 17.9.